The molecule has 1 aliphatic rings. The van der Waals surface area contributed by atoms with Crippen molar-refractivity contribution in [2.24, 2.45) is 5.92 Å². The molecule has 2 heterocycles. The lowest BCUT2D eigenvalue weighted by Gasteiger charge is -2.19. The van der Waals surface area contributed by atoms with Gasteiger partial charge in [0.1, 0.15) is 5.60 Å². The first-order valence-corrected chi connectivity index (χ1v) is 6.94. The second-order valence-electron chi connectivity index (χ2n) is 6.02. The Labute approximate surface area is 123 Å². The number of hydrogen-bond donors (Lipinski definition) is 2. The van der Waals surface area contributed by atoms with Crippen LogP contribution in [0.15, 0.2) is 12.1 Å². The maximum atomic E-state index is 11.6. The molecule has 1 unspecified atom stereocenters. The molecule has 1 atom stereocenters. The van der Waals surface area contributed by atoms with Gasteiger partial charge in [0.2, 0.25) is 5.91 Å². The fourth-order valence-corrected chi connectivity index (χ4v) is 2.04. The van der Waals surface area contributed by atoms with Crippen LogP contribution in [0.4, 0.5) is 10.6 Å². The number of carbonyl (C=O) groups excluding carboxylic acids is 2. The molecule has 0 aromatic carbocycles. The zero-order valence-electron chi connectivity index (χ0n) is 12.5. The summed E-state index contributed by atoms with van der Waals surface area (Å²) in [7, 11) is 0. The Kier molecular flexibility index (Phi) is 4.40. The molecule has 114 valence electrons. The largest absolute Gasteiger partial charge is 0.444 e. The van der Waals surface area contributed by atoms with Gasteiger partial charge in [-0.25, -0.2) is 4.79 Å². The average molecular weight is 292 g/mol. The third-order valence-electron chi connectivity index (χ3n) is 2.97. The molecule has 1 fully saturated rings. The first kappa shape index (κ1) is 15.2. The summed E-state index contributed by atoms with van der Waals surface area (Å²) in [6.45, 7) is 6.07. The minimum atomic E-state index is -0.570. The molecule has 0 radical (unpaired) electrons. The van der Waals surface area contributed by atoms with Crippen LogP contribution in [0.25, 0.3) is 0 Å². The standard InChI is InChI=1S/C14H20N4O3/c1-14(2,3)21-13(20)16-11-5-4-10(17-18-11)8-9-6-7-15-12(9)19/h4-5,9H,6-8H2,1-3H3,(H,15,19)(H,16,18,20). The highest BCUT2D eigenvalue weighted by Gasteiger charge is 2.24. The average Bonchev–Trinajstić information content (AvgIpc) is 2.75. The zero-order valence-corrected chi connectivity index (χ0v) is 12.5. The Bertz CT molecular complexity index is 522. The van der Waals surface area contributed by atoms with Gasteiger partial charge in [0.05, 0.1) is 5.69 Å². The molecule has 0 spiro atoms. The van der Waals surface area contributed by atoms with Crippen LogP contribution in [0.5, 0.6) is 0 Å². The monoisotopic (exact) mass is 292 g/mol. The Hall–Kier alpha value is -2.18. The fraction of sp³-hybridized carbons (Fsp3) is 0.571. The van der Waals surface area contributed by atoms with Crippen molar-refractivity contribution in [3.63, 3.8) is 0 Å². The second-order valence-corrected chi connectivity index (χ2v) is 6.02. The van der Waals surface area contributed by atoms with Crippen molar-refractivity contribution in [1.29, 1.82) is 0 Å². The summed E-state index contributed by atoms with van der Waals surface area (Å²) < 4.78 is 5.12. The number of carbonyl (C=O) groups is 2. The van der Waals surface area contributed by atoms with E-state index < -0.39 is 11.7 Å². The predicted molar refractivity (Wildman–Crippen MR) is 76.7 cm³/mol. The number of ether oxygens (including phenoxy) is 1. The number of hydrogen-bond acceptors (Lipinski definition) is 5. The van der Waals surface area contributed by atoms with Gasteiger partial charge in [-0.1, -0.05) is 0 Å². The molecule has 2 rings (SSSR count). The van der Waals surface area contributed by atoms with E-state index in [0.29, 0.717) is 12.2 Å². The van der Waals surface area contributed by atoms with Crippen LogP contribution in [0.3, 0.4) is 0 Å². The Morgan fingerprint density at radius 2 is 2.19 bits per heavy atom. The fourth-order valence-electron chi connectivity index (χ4n) is 2.04. The topological polar surface area (TPSA) is 93.2 Å². The third-order valence-corrected chi connectivity index (χ3v) is 2.97. The van der Waals surface area contributed by atoms with Gasteiger partial charge in [-0.05, 0) is 39.3 Å². The molecule has 2 N–H and O–H groups in total. The molecule has 7 nitrogen and oxygen atoms in total. The van der Waals surface area contributed by atoms with E-state index in [0.717, 1.165) is 18.7 Å². The van der Waals surface area contributed by atoms with Crippen LogP contribution < -0.4 is 10.6 Å². The Balaban J connectivity index is 1.90. The molecule has 1 aromatic rings. The normalized spacial score (nSPS) is 18.2. The number of nitrogens with one attached hydrogen (secondary N) is 2. The lowest BCUT2D eigenvalue weighted by atomic mass is 10.0. The van der Waals surface area contributed by atoms with Crippen molar-refractivity contribution >= 4 is 17.8 Å². The van der Waals surface area contributed by atoms with Crippen molar-refractivity contribution in [1.82, 2.24) is 15.5 Å². The molecule has 1 aromatic heterocycles. The Morgan fingerprint density at radius 3 is 2.71 bits per heavy atom. The van der Waals surface area contributed by atoms with Crippen LogP contribution in [0.1, 0.15) is 32.9 Å². The van der Waals surface area contributed by atoms with Crippen molar-refractivity contribution in [2.45, 2.75) is 39.2 Å². The molecule has 1 aliphatic heterocycles. The van der Waals surface area contributed by atoms with Gasteiger partial charge in [-0.2, -0.15) is 5.10 Å². The van der Waals surface area contributed by atoms with Gasteiger partial charge in [-0.15, -0.1) is 5.10 Å². The molecule has 2 amide bonds. The lowest BCUT2D eigenvalue weighted by molar-refractivity contribution is -0.122. The van der Waals surface area contributed by atoms with E-state index in [1.165, 1.54) is 0 Å². The molecule has 0 aliphatic carbocycles. The summed E-state index contributed by atoms with van der Waals surface area (Å²) in [5.74, 6) is 0.348. The highest BCUT2D eigenvalue weighted by molar-refractivity contribution is 5.83. The van der Waals surface area contributed by atoms with Gasteiger partial charge < -0.3 is 10.1 Å². The minimum absolute atomic E-state index is 0.0380. The minimum Gasteiger partial charge on any atom is -0.444 e. The number of aromatic nitrogens is 2. The smallest absolute Gasteiger partial charge is 0.413 e. The van der Waals surface area contributed by atoms with Gasteiger partial charge in [0.15, 0.2) is 5.82 Å². The SMILES string of the molecule is CC(C)(C)OC(=O)Nc1ccc(CC2CCNC2=O)nn1. The van der Waals surface area contributed by atoms with Gasteiger partial charge in [0.25, 0.3) is 0 Å². The number of amides is 2. The summed E-state index contributed by atoms with van der Waals surface area (Å²) >= 11 is 0. The quantitative estimate of drug-likeness (QED) is 0.880. The van der Waals surface area contributed by atoms with Crippen molar-refractivity contribution in [3.8, 4) is 0 Å². The van der Waals surface area contributed by atoms with E-state index in [1.54, 1.807) is 32.9 Å². The molecule has 0 saturated carbocycles. The predicted octanol–water partition coefficient (Wildman–Crippen LogP) is 1.50. The van der Waals surface area contributed by atoms with E-state index in [9.17, 15) is 9.59 Å². The first-order chi connectivity index (χ1) is 9.83. The third kappa shape index (κ3) is 4.70. The van der Waals surface area contributed by atoms with E-state index in [-0.39, 0.29) is 11.8 Å². The first-order valence-electron chi connectivity index (χ1n) is 6.94. The highest BCUT2D eigenvalue weighted by atomic mass is 16.6. The molecule has 1 saturated heterocycles. The summed E-state index contributed by atoms with van der Waals surface area (Å²) in [5, 5.41) is 13.3. The number of anilines is 1. The van der Waals surface area contributed by atoms with Crippen LogP contribution in [0.2, 0.25) is 0 Å². The summed E-state index contributed by atoms with van der Waals surface area (Å²) in [6.07, 6.45) is 0.809. The molecular formula is C14H20N4O3. The molecule has 21 heavy (non-hydrogen) atoms. The van der Waals surface area contributed by atoms with E-state index in [4.69, 9.17) is 4.74 Å². The highest BCUT2D eigenvalue weighted by Crippen LogP contribution is 2.15. The molecule has 7 heteroatoms. The van der Waals surface area contributed by atoms with Crippen LogP contribution in [-0.4, -0.2) is 34.3 Å². The summed E-state index contributed by atoms with van der Waals surface area (Å²) in [4.78, 5) is 23.1. The second kappa shape index (κ2) is 6.07. The van der Waals surface area contributed by atoms with E-state index in [1.807, 2.05) is 0 Å². The zero-order chi connectivity index (χ0) is 15.5. The van der Waals surface area contributed by atoms with Crippen molar-refractivity contribution < 1.29 is 14.3 Å². The molecule has 0 bridgehead atoms. The van der Waals surface area contributed by atoms with Crippen LogP contribution in [-0.2, 0) is 16.0 Å². The van der Waals surface area contributed by atoms with Gasteiger partial charge in [-0.3, -0.25) is 10.1 Å². The lowest BCUT2D eigenvalue weighted by Crippen LogP contribution is -2.27. The van der Waals surface area contributed by atoms with Crippen molar-refractivity contribution in [3.05, 3.63) is 17.8 Å². The van der Waals surface area contributed by atoms with Gasteiger partial charge in [0, 0.05) is 18.9 Å². The van der Waals surface area contributed by atoms with Gasteiger partial charge >= 0.3 is 6.09 Å². The van der Waals surface area contributed by atoms with E-state index in [2.05, 4.69) is 20.8 Å². The summed E-state index contributed by atoms with van der Waals surface area (Å²) in [5.41, 5.74) is 0.166. The molecular weight excluding hydrogens is 272 g/mol. The van der Waals surface area contributed by atoms with Crippen LogP contribution in [0, 0.1) is 5.92 Å². The number of rotatable bonds is 3. The maximum Gasteiger partial charge on any atom is 0.413 e. The Morgan fingerprint density at radius 1 is 1.43 bits per heavy atom. The summed E-state index contributed by atoms with van der Waals surface area (Å²) in [6, 6.07) is 3.41. The van der Waals surface area contributed by atoms with Crippen LogP contribution >= 0.6 is 0 Å². The van der Waals surface area contributed by atoms with E-state index >= 15 is 0 Å². The maximum absolute atomic E-state index is 11.6. The van der Waals surface area contributed by atoms with Crippen molar-refractivity contribution in [2.75, 3.05) is 11.9 Å². The number of nitrogens with zero attached hydrogens (tertiary/aromatic N) is 2.